The Kier molecular flexibility index (Phi) is 5.50. The first-order valence-corrected chi connectivity index (χ1v) is 8.83. The highest BCUT2D eigenvalue weighted by Crippen LogP contribution is 2.13. The molecule has 6 nitrogen and oxygen atoms in total. The van der Waals surface area contributed by atoms with Gasteiger partial charge >= 0.3 is 27.6 Å². The summed E-state index contributed by atoms with van der Waals surface area (Å²) in [6.45, 7) is 3.01. The van der Waals surface area contributed by atoms with E-state index in [1.165, 1.54) is 20.8 Å². The van der Waals surface area contributed by atoms with Crippen LogP contribution in [0.3, 0.4) is 0 Å². The Labute approximate surface area is 82.2 Å². The molecule has 0 aromatic heterocycles. The van der Waals surface area contributed by atoms with Crippen molar-refractivity contribution < 1.29 is 26.7 Å². The van der Waals surface area contributed by atoms with Crippen LogP contribution in [0.25, 0.3) is 0 Å². The molecule has 0 saturated carbocycles. The van der Waals surface area contributed by atoms with Crippen molar-refractivity contribution in [2.75, 3.05) is 14.2 Å². The molecule has 9 heteroatoms. The second-order valence-electron chi connectivity index (χ2n) is 2.46. The minimum absolute atomic E-state index is 0.729. The number of hydrogen-bond acceptors (Lipinski definition) is 6. The third kappa shape index (κ3) is 4.99. The fourth-order valence-electron chi connectivity index (χ4n) is 0.573. The van der Waals surface area contributed by atoms with Crippen LogP contribution >= 0.6 is 0 Å². The van der Waals surface area contributed by atoms with Gasteiger partial charge in [0, 0.05) is 27.3 Å². The molecule has 78 valence electrons. The molecule has 0 aromatic carbocycles. The summed E-state index contributed by atoms with van der Waals surface area (Å²) >= 11 is 0. The summed E-state index contributed by atoms with van der Waals surface area (Å²) in [6.07, 6.45) is 0. The lowest BCUT2D eigenvalue weighted by atomic mass is 11.8. The molecule has 0 heterocycles. The van der Waals surface area contributed by atoms with E-state index in [2.05, 4.69) is 0 Å². The minimum atomic E-state index is -3.17. The van der Waals surface area contributed by atoms with E-state index in [0.717, 1.165) is 0 Å². The third-order valence-corrected chi connectivity index (χ3v) is 7.70. The van der Waals surface area contributed by atoms with E-state index >= 15 is 0 Å². The highest BCUT2D eigenvalue weighted by Gasteiger charge is 2.44. The lowest BCUT2D eigenvalue weighted by Gasteiger charge is -2.29. The van der Waals surface area contributed by atoms with Crippen molar-refractivity contribution in [2.24, 2.45) is 0 Å². The zero-order valence-electron chi connectivity index (χ0n) is 8.03. The van der Waals surface area contributed by atoms with Crippen LogP contribution in [0.5, 0.6) is 0 Å². The Morgan fingerprint density at radius 1 is 1.15 bits per heavy atom. The standard InChI is InChI=1S/C4H14O6Si3/c1-7-12(3,6)10-13(4,8-2)9-11-5/h5-6H,1-4H3. The van der Waals surface area contributed by atoms with Crippen LogP contribution in [0.15, 0.2) is 0 Å². The van der Waals surface area contributed by atoms with Gasteiger partial charge in [0.15, 0.2) is 0 Å². The largest absolute Gasteiger partial charge is 0.487 e. The second kappa shape index (κ2) is 5.33. The van der Waals surface area contributed by atoms with Gasteiger partial charge in [0.05, 0.1) is 0 Å². The van der Waals surface area contributed by atoms with Crippen molar-refractivity contribution in [1.29, 1.82) is 0 Å². The van der Waals surface area contributed by atoms with E-state index in [1.54, 1.807) is 6.55 Å². The summed E-state index contributed by atoms with van der Waals surface area (Å²) in [5, 5.41) is 0. The third-order valence-electron chi connectivity index (χ3n) is 1.36. The maximum atomic E-state index is 9.51. The van der Waals surface area contributed by atoms with Crippen molar-refractivity contribution in [2.45, 2.75) is 13.1 Å². The predicted molar refractivity (Wildman–Crippen MR) is 49.6 cm³/mol. The molecule has 0 aliphatic rings. The van der Waals surface area contributed by atoms with Crippen molar-refractivity contribution >= 4 is 27.6 Å². The van der Waals surface area contributed by atoms with Crippen LogP contribution in [0.1, 0.15) is 0 Å². The van der Waals surface area contributed by atoms with Crippen molar-refractivity contribution in [1.82, 2.24) is 0 Å². The molecule has 0 spiro atoms. The Hall–Kier alpha value is 0.411. The SMILES string of the molecule is CO[Si](C)(O)O[Si](C)(OC)O[Si]O. The van der Waals surface area contributed by atoms with Gasteiger partial charge in [-0.15, -0.1) is 0 Å². The molecule has 2 atom stereocenters. The molecule has 0 fully saturated rings. The molecular weight excluding hydrogens is 228 g/mol. The quantitative estimate of drug-likeness (QED) is 0.580. The Bertz CT molecular complexity index is 155. The van der Waals surface area contributed by atoms with Gasteiger partial charge in [-0.2, -0.15) is 0 Å². The van der Waals surface area contributed by atoms with Crippen LogP contribution in [0.2, 0.25) is 13.1 Å². The van der Waals surface area contributed by atoms with Crippen LogP contribution in [0.4, 0.5) is 0 Å². The lowest BCUT2D eigenvalue weighted by molar-refractivity contribution is 0.130. The summed E-state index contributed by atoms with van der Waals surface area (Å²) in [5.74, 6) is 0. The van der Waals surface area contributed by atoms with Gasteiger partial charge in [-0.3, -0.25) is 0 Å². The first-order valence-electron chi connectivity index (χ1n) is 3.49. The fraction of sp³-hybridized carbons (Fsp3) is 1.00. The summed E-state index contributed by atoms with van der Waals surface area (Å²) in [7, 11) is -4.09. The van der Waals surface area contributed by atoms with Crippen molar-refractivity contribution in [3.8, 4) is 0 Å². The monoisotopic (exact) mass is 242 g/mol. The first-order chi connectivity index (χ1) is 5.89. The Morgan fingerprint density at radius 2 is 1.69 bits per heavy atom. The van der Waals surface area contributed by atoms with Gasteiger partial charge < -0.3 is 26.7 Å². The molecule has 2 N–H and O–H groups in total. The summed E-state index contributed by atoms with van der Waals surface area (Å²) in [4.78, 5) is 18.1. The molecule has 0 amide bonds. The molecule has 2 radical (unpaired) electrons. The van der Waals surface area contributed by atoms with E-state index in [-0.39, 0.29) is 0 Å². The lowest BCUT2D eigenvalue weighted by Crippen LogP contribution is -2.53. The van der Waals surface area contributed by atoms with Gasteiger partial charge in [-0.25, -0.2) is 0 Å². The number of hydrogen-bond donors (Lipinski definition) is 2. The average molecular weight is 242 g/mol. The topological polar surface area (TPSA) is 77.4 Å². The van der Waals surface area contributed by atoms with Gasteiger partial charge in [0.1, 0.15) is 0 Å². The maximum Gasteiger partial charge on any atom is 0.487 e. The normalized spacial score (nSPS) is 20.8. The van der Waals surface area contributed by atoms with E-state index < -0.39 is 27.6 Å². The molecule has 0 bridgehead atoms. The van der Waals surface area contributed by atoms with E-state index in [9.17, 15) is 4.80 Å². The van der Waals surface area contributed by atoms with Crippen LogP contribution in [-0.2, 0) is 17.1 Å². The Balaban J connectivity index is 4.25. The smallest absolute Gasteiger partial charge is 0.409 e. The van der Waals surface area contributed by atoms with Crippen LogP contribution in [-0.4, -0.2) is 51.4 Å². The molecule has 0 aromatic rings. The molecule has 13 heavy (non-hydrogen) atoms. The van der Waals surface area contributed by atoms with Gasteiger partial charge in [0.2, 0.25) is 0 Å². The fourth-order valence-corrected chi connectivity index (χ4v) is 5.53. The molecule has 0 aliphatic heterocycles. The van der Waals surface area contributed by atoms with E-state index in [4.69, 9.17) is 21.9 Å². The van der Waals surface area contributed by atoms with Crippen LogP contribution in [0, 0.1) is 0 Å². The summed E-state index contributed by atoms with van der Waals surface area (Å²) in [6, 6.07) is 0. The minimum Gasteiger partial charge on any atom is -0.409 e. The zero-order chi connectivity index (χ0) is 10.5. The van der Waals surface area contributed by atoms with Gasteiger partial charge in [0.25, 0.3) is 0 Å². The summed E-state index contributed by atoms with van der Waals surface area (Å²) in [5.41, 5.74) is 0. The Morgan fingerprint density at radius 3 is 2.00 bits per heavy atom. The van der Waals surface area contributed by atoms with Gasteiger partial charge in [-0.05, 0) is 0 Å². The van der Waals surface area contributed by atoms with Crippen molar-refractivity contribution in [3.05, 3.63) is 0 Å². The molecular formula is C4H14O6Si3. The highest BCUT2D eigenvalue weighted by atomic mass is 28.5. The molecule has 0 aliphatic carbocycles. The van der Waals surface area contributed by atoms with E-state index in [1.807, 2.05) is 0 Å². The first kappa shape index (κ1) is 13.4. The van der Waals surface area contributed by atoms with E-state index in [0.29, 0.717) is 0 Å². The second-order valence-corrected chi connectivity index (χ2v) is 8.62. The highest BCUT2D eigenvalue weighted by molar-refractivity contribution is 6.74. The van der Waals surface area contributed by atoms with Crippen molar-refractivity contribution in [3.63, 3.8) is 0 Å². The van der Waals surface area contributed by atoms with Crippen LogP contribution < -0.4 is 0 Å². The zero-order valence-corrected chi connectivity index (χ0v) is 11.0. The molecule has 0 rings (SSSR count). The predicted octanol–water partition coefficient (Wildman–Crippen LogP) is -1.03. The van der Waals surface area contributed by atoms with Gasteiger partial charge in [-0.1, -0.05) is 0 Å². The molecule has 0 saturated heterocycles. The average Bonchev–Trinajstić information content (AvgIpc) is 2.04. The number of rotatable bonds is 6. The molecule has 2 unspecified atom stereocenters. The summed E-state index contributed by atoms with van der Waals surface area (Å²) < 4.78 is 19.8. The maximum absolute atomic E-state index is 9.51.